The van der Waals surface area contributed by atoms with Crippen LogP contribution in [0.3, 0.4) is 0 Å². The molecule has 0 aromatic carbocycles. The van der Waals surface area contributed by atoms with Gasteiger partial charge in [-0.3, -0.25) is 14.6 Å². The summed E-state index contributed by atoms with van der Waals surface area (Å²) in [5, 5.41) is 15.7. The number of hydrogen-bond acceptors (Lipinski definition) is 4. The first-order valence-corrected chi connectivity index (χ1v) is 6.04. The van der Waals surface area contributed by atoms with Crippen molar-refractivity contribution in [2.24, 2.45) is 5.92 Å². The lowest BCUT2D eigenvalue weighted by molar-refractivity contribution is 0.521. The van der Waals surface area contributed by atoms with Crippen LogP contribution in [0.4, 0.5) is 0 Å². The highest BCUT2D eigenvalue weighted by molar-refractivity contribution is 7.71. The summed E-state index contributed by atoms with van der Waals surface area (Å²) in [6, 6.07) is 5.54. The molecule has 0 fully saturated rings. The van der Waals surface area contributed by atoms with Crippen LogP contribution in [0.25, 0.3) is 11.5 Å². The van der Waals surface area contributed by atoms with Gasteiger partial charge in [0.1, 0.15) is 11.8 Å². The standard InChI is InChI=1S/C12H13N5S/c1-8(2)7-17-11(15-16-12(17)18)10-4-3-9(5-13)6-14-10/h3-4,6,8H,7H2,1-2H3,(H,16,18). The van der Waals surface area contributed by atoms with Gasteiger partial charge in [0.05, 0.1) is 5.56 Å². The molecule has 6 heteroatoms. The Bertz CT molecular complexity index is 630. The number of rotatable bonds is 3. The summed E-state index contributed by atoms with van der Waals surface area (Å²) in [6.45, 7) is 5.02. The first kappa shape index (κ1) is 12.5. The Balaban J connectivity index is 2.44. The highest BCUT2D eigenvalue weighted by Gasteiger charge is 2.11. The molecule has 0 bridgehead atoms. The molecule has 0 radical (unpaired) electrons. The molecule has 0 amide bonds. The lowest BCUT2D eigenvalue weighted by atomic mass is 10.2. The minimum Gasteiger partial charge on any atom is -0.299 e. The van der Waals surface area contributed by atoms with E-state index in [9.17, 15) is 0 Å². The van der Waals surface area contributed by atoms with Gasteiger partial charge in [-0.25, -0.2) is 0 Å². The second-order valence-corrected chi connectivity index (χ2v) is 4.79. The number of aromatic amines is 1. The van der Waals surface area contributed by atoms with Gasteiger partial charge < -0.3 is 0 Å². The maximum Gasteiger partial charge on any atom is 0.195 e. The van der Waals surface area contributed by atoms with E-state index in [1.165, 1.54) is 6.20 Å². The first-order chi connectivity index (χ1) is 8.61. The third-order valence-electron chi connectivity index (χ3n) is 2.43. The second kappa shape index (κ2) is 5.10. The fourth-order valence-corrected chi connectivity index (χ4v) is 1.85. The van der Waals surface area contributed by atoms with E-state index in [0.29, 0.717) is 27.8 Å². The van der Waals surface area contributed by atoms with Crippen LogP contribution in [-0.4, -0.2) is 19.7 Å². The number of H-pyrrole nitrogens is 1. The van der Waals surface area contributed by atoms with Crippen LogP contribution >= 0.6 is 12.2 Å². The summed E-state index contributed by atoms with van der Waals surface area (Å²) < 4.78 is 2.51. The van der Waals surface area contributed by atoms with Crippen molar-refractivity contribution in [1.29, 1.82) is 5.26 Å². The fraction of sp³-hybridized carbons (Fsp3) is 0.333. The Labute approximate surface area is 110 Å². The molecule has 18 heavy (non-hydrogen) atoms. The van der Waals surface area contributed by atoms with Crippen molar-refractivity contribution in [3.63, 3.8) is 0 Å². The number of nitrogens with zero attached hydrogens (tertiary/aromatic N) is 4. The van der Waals surface area contributed by atoms with E-state index in [1.54, 1.807) is 12.1 Å². The molecule has 0 spiro atoms. The molecule has 0 saturated heterocycles. The van der Waals surface area contributed by atoms with Crippen molar-refractivity contribution >= 4 is 12.2 Å². The van der Waals surface area contributed by atoms with Crippen LogP contribution in [0.2, 0.25) is 0 Å². The third-order valence-corrected chi connectivity index (χ3v) is 2.74. The van der Waals surface area contributed by atoms with E-state index in [0.717, 1.165) is 6.54 Å². The molecule has 0 saturated carbocycles. The summed E-state index contributed by atoms with van der Waals surface area (Å²) >= 11 is 5.20. The minimum atomic E-state index is 0.464. The number of nitriles is 1. The van der Waals surface area contributed by atoms with Crippen molar-refractivity contribution in [3.8, 4) is 17.6 Å². The summed E-state index contributed by atoms with van der Waals surface area (Å²) in [4.78, 5) is 4.23. The van der Waals surface area contributed by atoms with Gasteiger partial charge in [-0.15, -0.1) is 0 Å². The van der Waals surface area contributed by atoms with Gasteiger partial charge in [-0.05, 0) is 30.3 Å². The average Bonchev–Trinajstić information content (AvgIpc) is 2.71. The SMILES string of the molecule is CC(C)Cn1c(-c2ccc(C#N)cn2)n[nH]c1=S. The summed E-state index contributed by atoms with van der Waals surface area (Å²) in [7, 11) is 0. The highest BCUT2D eigenvalue weighted by Crippen LogP contribution is 2.16. The topological polar surface area (TPSA) is 70.3 Å². The molecule has 5 nitrogen and oxygen atoms in total. The Kier molecular flexibility index (Phi) is 3.53. The summed E-state index contributed by atoms with van der Waals surface area (Å²) in [5.74, 6) is 1.17. The molecule has 0 atom stereocenters. The molecule has 1 N–H and O–H groups in total. The molecule has 2 rings (SSSR count). The lowest BCUT2D eigenvalue weighted by Gasteiger charge is -2.08. The van der Waals surface area contributed by atoms with Crippen LogP contribution in [0, 0.1) is 22.0 Å². The Morgan fingerprint density at radius 2 is 2.28 bits per heavy atom. The summed E-state index contributed by atoms with van der Waals surface area (Å²) in [5.41, 5.74) is 1.24. The molecular weight excluding hydrogens is 246 g/mol. The van der Waals surface area contributed by atoms with Crippen LogP contribution in [0.15, 0.2) is 18.3 Å². The van der Waals surface area contributed by atoms with Crippen molar-refractivity contribution in [1.82, 2.24) is 19.7 Å². The average molecular weight is 259 g/mol. The molecule has 2 heterocycles. The van der Waals surface area contributed by atoms with E-state index in [2.05, 4.69) is 29.0 Å². The third kappa shape index (κ3) is 2.46. The van der Waals surface area contributed by atoms with Gasteiger partial charge >= 0.3 is 0 Å². The quantitative estimate of drug-likeness (QED) is 0.860. The van der Waals surface area contributed by atoms with Crippen molar-refractivity contribution < 1.29 is 0 Å². The molecule has 0 aliphatic carbocycles. The van der Waals surface area contributed by atoms with Gasteiger partial charge in [-0.2, -0.15) is 10.4 Å². The van der Waals surface area contributed by atoms with E-state index >= 15 is 0 Å². The Morgan fingerprint density at radius 3 is 2.83 bits per heavy atom. The fourth-order valence-electron chi connectivity index (χ4n) is 1.64. The molecule has 92 valence electrons. The van der Waals surface area contributed by atoms with Crippen molar-refractivity contribution in [3.05, 3.63) is 28.7 Å². The van der Waals surface area contributed by atoms with Crippen LogP contribution in [0.5, 0.6) is 0 Å². The first-order valence-electron chi connectivity index (χ1n) is 5.63. The van der Waals surface area contributed by atoms with Gasteiger partial charge in [0.15, 0.2) is 10.6 Å². The van der Waals surface area contributed by atoms with Gasteiger partial charge in [-0.1, -0.05) is 13.8 Å². The number of nitrogens with one attached hydrogen (secondary N) is 1. The minimum absolute atomic E-state index is 0.464. The normalized spacial score (nSPS) is 10.6. The zero-order valence-electron chi connectivity index (χ0n) is 10.2. The predicted molar refractivity (Wildman–Crippen MR) is 70.2 cm³/mol. The number of aromatic nitrogens is 4. The Morgan fingerprint density at radius 1 is 1.50 bits per heavy atom. The van der Waals surface area contributed by atoms with Crippen molar-refractivity contribution in [2.75, 3.05) is 0 Å². The zero-order valence-corrected chi connectivity index (χ0v) is 11.0. The summed E-state index contributed by atoms with van der Waals surface area (Å²) in [6.07, 6.45) is 1.53. The van der Waals surface area contributed by atoms with Crippen LogP contribution in [-0.2, 0) is 6.54 Å². The maximum absolute atomic E-state index is 8.74. The lowest BCUT2D eigenvalue weighted by Crippen LogP contribution is -2.07. The van der Waals surface area contributed by atoms with Gasteiger partial charge in [0.25, 0.3) is 0 Å². The number of hydrogen-bond donors (Lipinski definition) is 1. The molecule has 0 aliphatic heterocycles. The highest BCUT2D eigenvalue weighted by atomic mass is 32.1. The largest absolute Gasteiger partial charge is 0.299 e. The van der Waals surface area contributed by atoms with E-state index in [4.69, 9.17) is 17.5 Å². The van der Waals surface area contributed by atoms with Crippen LogP contribution < -0.4 is 0 Å². The Hall–Kier alpha value is -2.00. The number of pyridine rings is 1. The van der Waals surface area contributed by atoms with Crippen LogP contribution in [0.1, 0.15) is 19.4 Å². The molecule has 2 aromatic heterocycles. The van der Waals surface area contributed by atoms with E-state index < -0.39 is 0 Å². The second-order valence-electron chi connectivity index (χ2n) is 4.40. The molecule has 0 aliphatic rings. The maximum atomic E-state index is 8.74. The predicted octanol–water partition coefficient (Wildman–Crippen LogP) is 2.53. The molecule has 2 aromatic rings. The zero-order chi connectivity index (χ0) is 13.1. The van der Waals surface area contributed by atoms with Gasteiger partial charge in [0, 0.05) is 12.7 Å². The van der Waals surface area contributed by atoms with E-state index in [-0.39, 0.29) is 0 Å². The monoisotopic (exact) mass is 259 g/mol. The van der Waals surface area contributed by atoms with Crippen molar-refractivity contribution in [2.45, 2.75) is 20.4 Å². The van der Waals surface area contributed by atoms with Gasteiger partial charge in [0.2, 0.25) is 0 Å². The smallest absolute Gasteiger partial charge is 0.195 e. The molecular formula is C12H13N5S. The molecule has 0 unspecified atom stereocenters. The van der Waals surface area contributed by atoms with E-state index in [1.807, 2.05) is 10.6 Å².